The number of methoxy groups -OCH3 is 1. The third-order valence-electron chi connectivity index (χ3n) is 2.18. The summed E-state index contributed by atoms with van der Waals surface area (Å²) in [6, 6.07) is 6.02. The molecule has 96 valence electrons. The van der Waals surface area contributed by atoms with Crippen molar-refractivity contribution in [1.29, 1.82) is 0 Å². The zero-order valence-electron chi connectivity index (χ0n) is 10.8. The first-order valence-electron chi connectivity index (χ1n) is 5.58. The van der Waals surface area contributed by atoms with Crippen LogP contribution < -0.4 is 10.1 Å². The van der Waals surface area contributed by atoms with Crippen molar-refractivity contribution < 1.29 is 9.47 Å². The lowest BCUT2D eigenvalue weighted by Gasteiger charge is -2.22. The summed E-state index contributed by atoms with van der Waals surface area (Å²) in [5.41, 5.74) is 1.20. The highest BCUT2D eigenvalue weighted by molar-refractivity contribution is 9.10. The molecule has 1 aromatic carbocycles. The second-order valence-corrected chi connectivity index (χ2v) is 5.74. The van der Waals surface area contributed by atoms with Gasteiger partial charge in [-0.15, -0.1) is 0 Å². The van der Waals surface area contributed by atoms with Gasteiger partial charge in [-0.25, -0.2) is 0 Å². The van der Waals surface area contributed by atoms with Crippen molar-refractivity contribution in [2.75, 3.05) is 13.9 Å². The Balaban J connectivity index is 2.79. The minimum absolute atomic E-state index is 0.0842. The maximum Gasteiger partial charge on any atom is 0.188 e. The Morgan fingerprint density at radius 2 is 2.00 bits per heavy atom. The normalized spacial score (nSPS) is 11.6. The van der Waals surface area contributed by atoms with Crippen LogP contribution in [0.4, 0.5) is 0 Å². The molecule has 0 aliphatic heterocycles. The minimum Gasteiger partial charge on any atom is -0.466 e. The first-order chi connectivity index (χ1) is 7.94. The zero-order valence-corrected chi connectivity index (χ0v) is 12.4. The van der Waals surface area contributed by atoms with Gasteiger partial charge < -0.3 is 14.8 Å². The smallest absolute Gasteiger partial charge is 0.188 e. The summed E-state index contributed by atoms with van der Waals surface area (Å²) in [6.45, 7) is 7.44. The summed E-state index contributed by atoms with van der Waals surface area (Å²) >= 11 is 3.49. The van der Waals surface area contributed by atoms with Crippen LogP contribution in [-0.2, 0) is 11.3 Å². The molecule has 0 bridgehead atoms. The van der Waals surface area contributed by atoms with Crippen LogP contribution in [-0.4, -0.2) is 19.4 Å². The van der Waals surface area contributed by atoms with Gasteiger partial charge in [0.05, 0.1) is 4.47 Å². The highest BCUT2D eigenvalue weighted by atomic mass is 79.9. The van der Waals surface area contributed by atoms with Crippen molar-refractivity contribution >= 4 is 15.9 Å². The summed E-state index contributed by atoms with van der Waals surface area (Å²) in [7, 11) is 1.62. The molecule has 17 heavy (non-hydrogen) atoms. The summed E-state index contributed by atoms with van der Waals surface area (Å²) < 4.78 is 11.5. The van der Waals surface area contributed by atoms with E-state index in [9.17, 15) is 0 Å². The third-order valence-corrected chi connectivity index (χ3v) is 2.80. The molecule has 0 amide bonds. The van der Waals surface area contributed by atoms with Crippen molar-refractivity contribution in [3.05, 3.63) is 28.2 Å². The molecule has 0 spiro atoms. The molecule has 1 aromatic rings. The molecule has 1 N–H and O–H groups in total. The Kier molecular flexibility index (Phi) is 5.43. The first kappa shape index (κ1) is 14.5. The molecule has 0 unspecified atom stereocenters. The van der Waals surface area contributed by atoms with Gasteiger partial charge in [-0.05, 0) is 42.8 Å². The molecule has 3 nitrogen and oxygen atoms in total. The Hall–Kier alpha value is -0.580. The average Bonchev–Trinajstić information content (AvgIpc) is 2.24. The van der Waals surface area contributed by atoms with E-state index in [0.29, 0.717) is 0 Å². The van der Waals surface area contributed by atoms with Crippen LogP contribution in [0, 0.1) is 0 Å². The number of hydrogen-bond acceptors (Lipinski definition) is 3. The van der Waals surface area contributed by atoms with Gasteiger partial charge in [-0.3, -0.25) is 0 Å². The standard InChI is InChI=1S/C13H20BrNO2/c1-13(2,3)15-8-10-6-5-7-11(14)12(10)17-9-16-4/h5-7,15H,8-9H2,1-4H3. The maximum atomic E-state index is 5.57. The summed E-state index contributed by atoms with van der Waals surface area (Å²) in [4.78, 5) is 0. The first-order valence-corrected chi connectivity index (χ1v) is 6.37. The van der Waals surface area contributed by atoms with Gasteiger partial charge in [0.1, 0.15) is 5.75 Å². The number of ether oxygens (including phenoxy) is 2. The van der Waals surface area contributed by atoms with E-state index in [0.717, 1.165) is 22.3 Å². The lowest BCUT2D eigenvalue weighted by atomic mass is 10.1. The number of rotatable bonds is 5. The van der Waals surface area contributed by atoms with E-state index in [1.54, 1.807) is 7.11 Å². The highest BCUT2D eigenvalue weighted by Gasteiger charge is 2.12. The molecule has 1 rings (SSSR count). The topological polar surface area (TPSA) is 30.5 Å². The molecule has 0 aliphatic carbocycles. The van der Waals surface area contributed by atoms with Gasteiger partial charge in [0, 0.05) is 24.8 Å². The Morgan fingerprint density at radius 1 is 1.29 bits per heavy atom. The monoisotopic (exact) mass is 301 g/mol. The van der Waals surface area contributed by atoms with E-state index in [4.69, 9.17) is 9.47 Å². The largest absolute Gasteiger partial charge is 0.466 e. The number of benzene rings is 1. The molecule has 0 saturated heterocycles. The molecular formula is C13H20BrNO2. The Labute approximate surface area is 112 Å². The molecule has 0 atom stereocenters. The van der Waals surface area contributed by atoms with Gasteiger partial charge >= 0.3 is 0 Å². The van der Waals surface area contributed by atoms with Crippen molar-refractivity contribution in [3.8, 4) is 5.75 Å². The molecule has 0 saturated carbocycles. The van der Waals surface area contributed by atoms with E-state index in [1.165, 1.54) is 0 Å². The molecule has 0 fully saturated rings. The average molecular weight is 302 g/mol. The van der Waals surface area contributed by atoms with Crippen molar-refractivity contribution in [3.63, 3.8) is 0 Å². The van der Waals surface area contributed by atoms with Crippen LogP contribution in [0.5, 0.6) is 5.75 Å². The minimum atomic E-state index is 0.0842. The zero-order chi connectivity index (χ0) is 12.9. The second-order valence-electron chi connectivity index (χ2n) is 4.88. The van der Waals surface area contributed by atoms with E-state index in [2.05, 4.69) is 48.1 Å². The van der Waals surface area contributed by atoms with Crippen LogP contribution in [0.2, 0.25) is 0 Å². The molecule has 0 radical (unpaired) electrons. The number of hydrogen-bond donors (Lipinski definition) is 1. The lowest BCUT2D eigenvalue weighted by molar-refractivity contribution is 0.0497. The van der Waals surface area contributed by atoms with Gasteiger partial charge in [-0.1, -0.05) is 12.1 Å². The van der Waals surface area contributed by atoms with E-state index < -0.39 is 0 Å². The van der Waals surface area contributed by atoms with Gasteiger partial charge in [0.15, 0.2) is 6.79 Å². The van der Waals surface area contributed by atoms with Crippen molar-refractivity contribution in [2.45, 2.75) is 32.9 Å². The number of halogens is 1. The lowest BCUT2D eigenvalue weighted by Crippen LogP contribution is -2.35. The predicted octanol–water partition coefficient (Wildman–Crippen LogP) is 3.32. The highest BCUT2D eigenvalue weighted by Crippen LogP contribution is 2.29. The SMILES string of the molecule is COCOc1c(Br)cccc1CNC(C)(C)C. The van der Waals surface area contributed by atoms with Crippen LogP contribution in [0.3, 0.4) is 0 Å². The van der Waals surface area contributed by atoms with Gasteiger partial charge in [0.25, 0.3) is 0 Å². The molecule has 0 aromatic heterocycles. The second kappa shape index (κ2) is 6.38. The number of para-hydroxylation sites is 1. The predicted molar refractivity (Wildman–Crippen MR) is 73.2 cm³/mol. The molecule has 0 aliphatic rings. The van der Waals surface area contributed by atoms with Crippen molar-refractivity contribution in [2.24, 2.45) is 0 Å². The number of nitrogens with one attached hydrogen (secondary N) is 1. The van der Waals surface area contributed by atoms with Crippen LogP contribution >= 0.6 is 15.9 Å². The van der Waals surface area contributed by atoms with E-state index in [-0.39, 0.29) is 12.3 Å². The molecular weight excluding hydrogens is 282 g/mol. The molecule has 4 heteroatoms. The maximum absolute atomic E-state index is 5.57. The third kappa shape index (κ3) is 5.06. The Morgan fingerprint density at radius 3 is 2.59 bits per heavy atom. The van der Waals surface area contributed by atoms with Crippen LogP contribution in [0.15, 0.2) is 22.7 Å². The summed E-state index contributed by atoms with van der Waals surface area (Å²) in [5, 5.41) is 3.44. The van der Waals surface area contributed by atoms with Crippen molar-refractivity contribution in [1.82, 2.24) is 5.32 Å². The quantitative estimate of drug-likeness (QED) is 0.846. The summed E-state index contributed by atoms with van der Waals surface area (Å²) in [5.74, 6) is 0.839. The van der Waals surface area contributed by atoms with E-state index >= 15 is 0 Å². The molecule has 0 heterocycles. The van der Waals surface area contributed by atoms with E-state index in [1.807, 2.05) is 12.1 Å². The van der Waals surface area contributed by atoms with Crippen LogP contribution in [0.1, 0.15) is 26.3 Å². The fourth-order valence-electron chi connectivity index (χ4n) is 1.33. The van der Waals surface area contributed by atoms with Gasteiger partial charge in [-0.2, -0.15) is 0 Å². The summed E-state index contributed by atoms with van der Waals surface area (Å²) in [6.07, 6.45) is 0. The fourth-order valence-corrected chi connectivity index (χ4v) is 1.85. The van der Waals surface area contributed by atoms with Crippen LogP contribution in [0.25, 0.3) is 0 Å². The fraction of sp³-hybridized carbons (Fsp3) is 0.538. The Bertz CT molecular complexity index is 361. The van der Waals surface area contributed by atoms with Gasteiger partial charge in [0.2, 0.25) is 0 Å².